The van der Waals surface area contributed by atoms with Gasteiger partial charge in [0.05, 0.1) is 11.3 Å². The van der Waals surface area contributed by atoms with Crippen LogP contribution in [-0.4, -0.2) is 18.6 Å². The predicted molar refractivity (Wildman–Crippen MR) is 63.3 cm³/mol. The third kappa shape index (κ3) is 1.38. The summed E-state index contributed by atoms with van der Waals surface area (Å²) in [5.74, 6) is 0. The first kappa shape index (κ1) is 9.68. The molecule has 1 aromatic carbocycles. The van der Waals surface area contributed by atoms with Crippen molar-refractivity contribution in [3.8, 4) is 6.07 Å². The molecule has 0 atom stereocenters. The zero-order chi connectivity index (χ0) is 11.0. The van der Waals surface area contributed by atoms with E-state index in [1.807, 2.05) is 12.1 Å². The van der Waals surface area contributed by atoms with Crippen LogP contribution in [0, 0.1) is 11.3 Å². The Morgan fingerprint density at radius 1 is 1.25 bits per heavy atom. The van der Waals surface area contributed by atoms with Crippen LogP contribution in [0.25, 0.3) is 0 Å². The summed E-state index contributed by atoms with van der Waals surface area (Å²) in [4.78, 5) is 0. The van der Waals surface area contributed by atoms with Crippen LogP contribution in [0.3, 0.4) is 0 Å². The van der Waals surface area contributed by atoms with Gasteiger partial charge in [-0.2, -0.15) is 5.26 Å². The number of hydrogen-bond donors (Lipinski definition) is 2. The molecule has 0 saturated carbocycles. The SMILES string of the molecule is N#Cc1cccc2c1NC1(CCNCC1)C2. The molecule has 2 heterocycles. The van der Waals surface area contributed by atoms with E-state index in [9.17, 15) is 0 Å². The molecule has 0 unspecified atom stereocenters. The Hall–Kier alpha value is -1.53. The van der Waals surface area contributed by atoms with Crippen LogP contribution in [0.5, 0.6) is 0 Å². The van der Waals surface area contributed by atoms with Gasteiger partial charge in [0.25, 0.3) is 0 Å². The van der Waals surface area contributed by atoms with E-state index < -0.39 is 0 Å². The van der Waals surface area contributed by atoms with Gasteiger partial charge in [-0.25, -0.2) is 0 Å². The maximum Gasteiger partial charge on any atom is 0.101 e. The fourth-order valence-corrected chi connectivity index (χ4v) is 2.87. The van der Waals surface area contributed by atoms with Crippen LogP contribution in [0.4, 0.5) is 5.69 Å². The number of anilines is 1. The van der Waals surface area contributed by atoms with Crippen LogP contribution < -0.4 is 10.6 Å². The van der Waals surface area contributed by atoms with E-state index >= 15 is 0 Å². The van der Waals surface area contributed by atoms with Crippen molar-refractivity contribution in [2.24, 2.45) is 0 Å². The predicted octanol–water partition coefficient (Wildman–Crippen LogP) is 1.65. The summed E-state index contributed by atoms with van der Waals surface area (Å²) >= 11 is 0. The topological polar surface area (TPSA) is 47.9 Å². The van der Waals surface area contributed by atoms with Crippen LogP contribution in [0.1, 0.15) is 24.0 Å². The molecule has 3 rings (SSSR count). The van der Waals surface area contributed by atoms with Crippen molar-refractivity contribution in [2.75, 3.05) is 18.4 Å². The molecule has 1 saturated heterocycles. The maximum atomic E-state index is 9.09. The van der Waals surface area contributed by atoms with Crippen molar-refractivity contribution in [3.05, 3.63) is 29.3 Å². The molecule has 1 fully saturated rings. The molecule has 0 amide bonds. The molecule has 0 radical (unpaired) electrons. The molecule has 2 N–H and O–H groups in total. The van der Waals surface area contributed by atoms with Gasteiger partial charge in [0.15, 0.2) is 0 Å². The number of nitrogens with one attached hydrogen (secondary N) is 2. The van der Waals surface area contributed by atoms with E-state index in [-0.39, 0.29) is 5.54 Å². The highest BCUT2D eigenvalue weighted by Gasteiger charge is 2.38. The normalized spacial score (nSPS) is 21.2. The number of para-hydroxylation sites is 1. The number of nitriles is 1. The number of hydrogen-bond acceptors (Lipinski definition) is 3. The summed E-state index contributed by atoms with van der Waals surface area (Å²) in [5.41, 5.74) is 3.38. The molecule has 1 aromatic rings. The van der Waals surface area contributed by atoms with Crippen molar-refractivity contribution in [3.63, 3.8) is 0 Å². The zero-order valence-corrected chi connectivity index (χ0v) is 9.21. The summed E-state index contributed by atoms with van der Waals surface area (Å²) in [5, 5.41) is 16.1. The summed E-state index contributed by atoms with van der Waals surface area (Å²) in [6.45, 7) is 2.14. The van der Waals surface area contributed by atoms with Gasteiger partial charge in [0.1, 0.15) is 6.07 Å². The lowest BCUT2D eigenvalue weighted by molar-refractivity contribution is 0.348. The van der Waals surface area contributed by atoms with Crippen molar-refractivity contribution in [1.29, 1.82) is 5.26 Å². The minimum atomic E-state index is 0.209. The average molecular weight is 213 g/mol. The fourth-order valence-electron chi connectivity index (χ4n) is 2.87. The number of piperidine rings is 1. The number of rotatable bonds is 0. The van der Waals surface area contributed by atoms with E-state index in [1.165, 1.54) is 5.56 Å². The molecule has 2 aliphatic heterocycles. The Kier molecular flexibility index (Phi) is 2.12. The van der Waals surface area contributed by atoms with Crippen molar-refractivity contribution >= 4 is 5.69 Å². The third-order valence-electron chi connectivity index (χ3n) is 3.75. The molecule has 0 aromatic heterocycles. The Balaban J connectivity index is 1.97. The molecule has 82 valence electrons. The van der Waals surface area contributed by atoms with Crippen LogP contribution >= 0.6 is 0 Å². The average Bonchev–Trinajstić information content (AvgIpc) is 2.67. The van der Waals surface area contributed by atoms with Crippen LogP contribution in [-0.2, 0) is 6.42 Å². The fraction of sp³-hybridized carbons (Fsp3) is 0.462. The molecular weight excluding hydrogens is 198 g/mol. The zero-order valence-electron chi connectivity index (χ0n) is 9.21. The van der Waals surface area contributed by atoms with Gasteiger partial charge in [-0.1, -0.05) is 12.1 Å². The maximum absolute atomic E-state index is 9.09. The molecule has 2 aliphatic rings. The van der Waals surface area contributed by atoms with Crippen LogP contribution in [0.2, 0.25) is 0 Å². The second kappa shape index (κ2) is 3.50. The second-order valence-electron chi connectivity index (χ2n) is 4.78. The number of fused-ring (bicyclic) bond motifs is 1. The Morgan fingerprint density at radius 2 is 2.06 bits per heavy atom. The first-order valence-corrected chi connectivity index (χ1v) is 5.84. The van der Waals surface area contributed by atoms with Crippen molar-refractivity contribution in [1.82, 2.24) is 5.32 Å². The highest BCUT2D eigenvalue weighted by Crippen LogP contribution is 2.39. The third-order valence-corrected chi connectivity index (χ3v) is 3.75. The summed E-state index contributed by atoms with van der Waals surface area (Å²) in [6, 6.07) is 8.29. The van der Waals surface area contributed by atoms with Gasteiger partial charge < -0.3 is 10.6 Å². The molecule has 3 heteroatoms. The summed E-state index contributed by atoms with van der Waals surface area (Å²) in [6.07, 6.45) is 3.36. The minimum Gasteiger partial charge on any atom is -0.378 e. The van der Waals surface area contributed by atoms with Gasteiger partial charge in [0, 0.05) is 5.54 Å². The van der Waals surface area contributed by atoms with Crippen molar-refractivity contribution in [2.45, 2.75) is 24.8 Å². The molecular formula is C13H15N3. The highest BCUT2D eigenvalue weighted by molar-refractivity contribution is 5.67. The molecule has 0 bridgehead atoms. The molecule has 1 spiro atoms. The van der Waals surface area contributed by atoms with E-state index in [4.69, 9.17) is 5.26 Å². The lowest BCUT2D eigenvalue weighted by atomic mass is 9.86. The quantitative estimate of drug-likeness (QED) is 0.689. The lowest BCUT2D eigenvalue weighted by Gasteiger charge is -2.34. The second-order valence-corrected chi connectivity index (χ2v) is 4.78. The van der Waals surface area contributed by atoms with E-state index in [1.54, 1.807) is 0 Å². The monoisotopic (exact) mass is 213 g/mol. The van der Waals surface area contributed by atoms with E-state index in [0.29, 0.717) is 0 Å². The van der Waals surface area contributed by atoms with Gasteiger partial charge in [-0.15, -0.1) is 0 Å². The summed E-state index contributed by atoms with van der Waals surface area (Å²) in [7, 11) is 0. The van der Waals surface area contributed by atoms with Gasteiger partial charge in [-0.05, 0) is 44.0 Å². The number of nitrogens with zero attached hydrogens (tertiary/aromatic N) is 1. The Bertz CT molecular complexity index is 453. The first-order chi connectivity index (χ1) is 7.83. The molecule has 16 heavy (non-hydrogen) atoms. The smallest absolute Gasteiger partial charge is 0.101 e. The van der Waals surface area contributed by atoms with E-state index in [0.717, 1.165) is 43.6 Å². The van der Waals surface area contributed by atoms with Gasteiger partial charge in [0.2, 0.25) is 0 Å². The Morgan fingerprint density at radius 3 is 2.81 bits per heavy atom. The van der Waals surface area contributed by atoms with Crippen LogP contribution in [0.15, 0.2) is 18.2 Å². The molecule has 3 nitrogen and oxygen atoms in total. The summed E-state index contributed by atoms with van der Waals surface area (Å²) < 4.78 is 0. The Labute approximate surface area is 95.5 Å². The molecule has 0 aliphatic carbocycles. The van der Waals surface area contributed by atoms with Crippen molar-refractivity contribution < 1.29 is 0 Å². The standard InChI is InChI=1S/C13H15N3/c14-9-11-3-1-2-10-8-13(16-12(10)11)4-6-15-7-5-13/h1-3,15-16H,4-8H2. The minimum absolute atomic E-state index is 0.209. The van der Waals surface area contributed by atoms with Gasteiger partial charge in [-0.3, -0.25) is 0 Å². The number of benzene rings is 1. The largest absolute Gasteiger partial charge is 0.378 e. The van der Waals surface area contributed by atoms with Gasteiger partial charge >= 0.3 is 0 Å². The highest BCUT2D eigenvalue weighted by atomic mass is 15.1. The first-order valence-electron chi connectivity index (χ1n) is 5.84. The van der Waals surface area contributed by atoms with E-state index in [2.05, 4.69) is 22.8 Å². The lowest BCUT2D eigenvalue weighted by Crippen LogP contribution is -2.46.